The molecule has 0 spiro atoms. The molecule has 200 valence electrons. The predicted molar refractivity (Wildman–Crippen MR) is 151 cm³/mol. The van der Waals surface area contributed by atoms with Gasteiger partial charge in [0.05, 0.1) is 21.8 Å². The van der Waals surface area contributed by atoms with Crippen LogP contribution in [0.3, 0.4) is 0 Å². The molecular weight excluding hydrogens is 522 g/mol. The second-order valence-corrected chi connectivity index (χ2v) is 12.0. The number of carbonyl (C=O) groups is 2. The van der Waals surface area contributed by atoms with E-state index in [1.165, 1.54) is 18.6 Å². The number of hydrogen-bond donors (Lipinski definition) is 2. The monoisotopic (exact) mass is 553 g/mol. The lowest BCUT2D eigenvalue weighted by molar-refractivity contribution is -0.114. The van der Waals surface area contributed by atoms with Gasteiger partial charge in [0.2, 0.25) is 5.91 Å². The molecule has 0 unspecified atom stereocenters. The molecule has 1 fully saturated rings. The molecule has 1 aliphatic carbocycles. The molecule has 1 saturated carbocycles. The molecule has 2 N–H and O–H groups in total. The van der Waals surface area contributed by atoms with Gasteiger partial charge >= 0.3 is 0 Å². The van der Waals surface area contributed by atoms with E-state index in [0.717, 1.165) is 35.6 Å². The van der Waals surface area contributed by atoms with Crippen LogP contribution in [0.1, 0.15) is 53.6 Å². The van der Waals surface area contributed by atoms with Crippen molar-refractivity contribution in [2.75, 3.05) is 16.2 Å². The molecule has 0 saturated heterocycles. The zero-order valence-corrected chi connectivity index (χ0v) is 23.1. The molecule has 0 heterocycles. The number of anilines is 2. The summed E-state index contributed by atoms with van der Waals surface area (Å²) < 4.78 is 28.5. The first-order valence-corrected chi connectivity index (χ1v) is 14.5. The number of amides is 2. The Labute approximate surface area is 229 Å². The van der Waals surface area contributed by atoms with E-state index >= 15 is 0 Å². The van der Waals surface area contributed by atoms with Crippen LogP contribution in [0.4, 0.5) is 11.4 Å². The minimum atomic E-state index is -4.09. The minimum absolute atomic E-state index is 0.0671. The van der Waals surface area contributed by atoms with E-state index in [0.29, 0.717) is 27.5 Å². The van der Waals surface area contributed by atoms with Gasteiger partial charge in [0, 0.05) is 11.1 Å². The van der Waals surface area contributed by atoms with Gasteiger partial charge in [-0.05, 0) is 74.7 Å². The summed E-state index contributed by atoms with van der Waals surface area (Å²) in [5, 5.41) is 6.29. The highest BCUT2D eigenvalue weighted by Crippen LogP contribution is 2.29. The van der Waals surface area contributed by atoms with E-state index in [1.54, 1.807) is 61.5 Å². The Morgan fingerprint density at radius 1 is 0.947 bits per heavy atom. The van der Waals surface area contributed by atoms with Gasteiger partial charge in [-0.15, -0.1) is 0 Å². The van der Waals surface area contributed by atoms with Gasteiger partial charge in [-0.2, -0.15) is 0 Å². The summed E-state index contributed by atoms with van der Waals surface area (Å²) in [5.74, 6) is -0.835. The van der Waals surface area contributed by atoms with Crippen LogP contribution in [0.5, 0.6) is 0 Å². The first-order valence-electron chi connectivity index (χ1n) is 12.7. The van der Waals surface area contributed by atoms with Crippen molar-refractivity contribution >= 4 is 44.8 Å². The largest absolute Gasteiger partial charge is 0.349 e. The third-order valence-corrected chi connectivity index (χ3v) is 8.72. The van der Waals surface area contributed by atoms with E-state index < -0.39 is 22.5 Å². The second-order valence-electron chi connectivity index (χ2n) is 9.66. The maximum absolute atomic E-state index is 13.7. The number of para-hydroxylation sites is 1. The van der Waals surface area contributed by atoms with Crippen molar-refractivity contribution in [1.82, 2.24) is 5.32 Å². The lowest BCUT2D eigenvalue weighted by atomic mass is 9.95. The van der Waals surface area contributed by atoms with Crippen molar-refractivity contribution in [3.8, 4) is 0 Å². The Balaban J connectivity index is 1.60. The lowest BCUT2D eigenvalue weighted by Crippen LogP contribution is -2.39. The highest BCUT2D eigenvalue weighted by molar-refractivity contribution is 7.92. The molecule has 0 aliphatic heterocycles. The third-order valence-electron chi connectivity index (χ3n) is 6.71. The van der Waals surface area contributed by atoms with Crippen LogP contribution < -0.4 is 14.9 Å². The molecule has 38 heavy (non-hydrogen) atoms. The van der Waals surface area contributed by atoms with Gasteiger partial charge in [0.25, 0.3) is 15.9 Å². The van der Waals surface area contributed by atoms with Crippen LogP contribution >= 0.6 is 11.6 Å². The fourth-order valence-electron chi connectivity index (χ4n) is 4.66. The molecule has 3 aromatic rings. The number of nitrogens with one attached hydrogen (secondary N) is 2. The molecule has 2 amide bonds. The zero-order valence-electron chi connectivity index (χ0n) is 21.5. The fourth-order valence-corrected chi connectivity index (χ4v) is 6.37. The smallest absolute Gasteiger partial charge is 0.264 e. The number of nitrogens with zero attached hydrogens (tertiary/aromatic N) is 1. The lowest BCUT2D eigenvalue weighted by Gasteiger charge is -2.26. The van der Waals surface area contributed by atoms with E-state index in [1.807, 2.05) is 6.92 Å². The van der Waals surface area contributed by atoms with E-state index in [2.05, 4.69) is 10.6 Å². The average Bonchev–Trinajstić information content (AvgIpc) is 2.89. The molecule has 9 heteroatoms. The van der Waals surface area contributed by atoms with Gasteiger partial charge in [0.15, 0.2) is 0 Å². The van der Waals surface area contributed by atoms with Crippen molar-refractivity contribution in [1.29, 1.82) is 0 Å². The van der Waals surface area contributed by atoms with Gasteiger partial charge in [-0.3, -0.25) is 13.9 Å². The molecule has 0 aromatic heterocycles. The minimum Gasteiger partial charge on any atom is -0.349 e. The van der Waals surface area contributed by atoms with Gasteiger partial charge in [0.1, 0.15) is 6.54 Å². The Kier molecular flexibility index (Phi) is 8.74. The number of carbonyl (C=O) groups excluding carboxylic acids is 2. The Hall–Kier alpha value is -3.36. The molecule has 0 radical (unpaired) electrons. The fraction of sp³-hybridized carbons (Fsp3) is 0.310. The quantitative estimate of drug-likeness (QED) is 0.365. The van der Waals surface area contributed by atoms with Crippen LogP contribution in [0.15, 0.2) is 71.6 Å². The van der Waals surface area contributed by atoms with Gasteiger partial charge < -0.3 is 10.6 Å². The molecule has 0 atom stereocenters. The van der Waals surface area contributed by atoms with Crippen molar-refractivity contribution < 1.29 is 18.0 Å². The van der Waals surface area contributed by atoms with Crippen LogP contribution in [0, 0.1) is 13.8 Å². The molecule has 7 nitrogen and oxygen atoms in total. The Morgan fingerprint density at radius 3 is 2.32 bits per heavy atom. The number of aryl methyl sites for hydroxylation is 2. The molecule has 1 aliphatic rings. The predicted octanol–water partition coefficient (Wildman–Crippen LogP) is 5.85. The summed E-state index contributed by atoms with van der Waals surface area (Å²) in [5.41, 5.74) is 2.52. The highest BCUT2D eigenvalue weighted by Gasteiger charge is 2.29. The number of rotatable bonds is 8. The summed E-state index contributed by atoms with van der Waals surface area (Å²) in [7, 11) is -4.09. The first kappa shape index (κ1) is 27.7. The summed E-state index contributed by atoms with van der Waals surface area (Å²) in [6.45, 7) is 3.12. The number of halogens is 1. The van der Waals surface area contributed by atoms with Crippen LogP contribution in [-0.2, 0) is 14.8 Å². The molecule has 3 aromatic carbocycles. The number of hydrogen-bond acceptors (Lipinski definition) is 4. The van der Waals surface area contributed by atoms with E-state index in [4.69, 9.17) is 11.6 Å². The third kappa shape index (κ3) is 6.55. The number of sulfonamides is 1. The van der Waals surface area contributed by atoms with Crippen LogP contribution in [0.25, 0.3) is 0 Å². The molecular formula is C29H32ClN3O4S. The van der Waals surface area contributed by atoms with Crippen molar-refractivity contribution in [3.63, 3.8) is 0 Å². The van der Waals surface area contributed by atoms with E-state index in [9.17, 15) is 18.0 Å². The summed E-state index contributed by atoms with van der Waals surface area (Å²) in [6, 6.07) is 18.1. The molecule has 0 bridgehead atoms. The van der Waals surface area contributed by atoms with Crippen molar-refractivity contribution in [2.45, 2.75) is 56.9 Å². The van der Waals surface area contributed by atoms with Gasteiger partial charge in [-0.1, -0.05) is 60.7 Å². The maximum atomic E-state index is 13.7. The Morgan fingerprint density at radius 2 is 1.63 bits per heavy atom. The average molecular weight is 554 g/mol. The second kappa shape index (κ2) is 12.0. The number of benzene rings is 3. The SMILES string of the molecule is Cc1ccc(S(=O)(=O)N(CC(=O)Nc2ccccc2C(=O)NC2CCCCC2)c2ccc(Cl)cc2C)cc1. The van der Waals surface area contributed by atoms with Crippen LogP contribution in [-0.4, -0.2) is 32.8 Å². The maximum Gasteiger partial charge on any atom is 0.264 e. The normalized spacial score (nSPS) is 14.1. The van der Waals surface area contributed by atoms with Crippen LogP contribution in [0.2, 0.25) is 5.02 Å². The van der Waals surface area contributed by atoms with Gasteiger partial charge in [-0.25, -0.2) is 8.42 Å². The topological polar surface area (TPSA) is 95.6 Å². The van der Waals surface area contributed by atoms with Crippen molar-refractivity contribution in [3.05, 3.63) is 88.4 Å². The van der Waals surface area contributed by atoms with E-state index in [-0.39, 0.29) is 16.8 Å². The van der Waals surface area contributed by atoms with Crippen molar-refractivity contribution in [2.24, 2.45) is 0 Å². The molecule has 4 rings (SSSR count). The summed E-state index contributed by atoms with van der Waals surface area (Å²) in [6.07, 6.45) is 5.21. The summed E-state index contributed by atoms with van der Waals surface area (Å²) in [4.78, 5) is 26.4. The standard InChI is InChI=1S/C29H32ClN3O4S/c1-20-12-15-24(16-13-20)38(36,37)33(27-17-14-22(30)18-21(27)2)19-28(34)32-26-11-7-6-10-25(26)29(35)31-23-8-4-3-5-9-23/h6-7,10-18,23H,3-5,8-9,19H2,1-2H3,(H,31,35)(H,32,34). The first-order chi connectivity index (χ1) is 18.1. The Bertz CT molecular complexity index is 1420. The zero-order chi connectivity index (χ0) is 27.3. The summed E-state index contributed by atoms with van der Waals surface area (Å²) >= 11 is 6.12. The highest BCUT2D eigenvalue weighted by atomic mass is 35.5.